The summed E-state index contributed by atoms with van der Waals surface area (Å²) in [6, 6.07) is 21.7. The van der Waals surface area contributed by atoms with Crippen LogP contribution in [0.3, 0.4) is 0 Å². The van der Waals surface area contributed by atoms with Crippen molar-refractivity contribution >= 4 is 11.7 Å². The largest absolute Gasteiger partial charge is 0.304 e. The third-order valence-electron chi connectivity index (χ3n) is 4.41. The summed E-state index contributed by atoms with van der Waals surface area (Å²) in [7, 11) is 0. The minimum atomic E-state index is -0.398. The van der Waals surface area contributed by atoms with Crippen molar-refractivity contribution in [3.05, 3.63) is 95.7 Å². The molecule has 0 radical (unpaired) electrons. The van der Waals surface area contributed by atoms with E-state index in [9.17, 15) is 4.79 Å². The summed E-state index contributed by atoms with van der Waals surface area (Å²) in [6.07, 6.45) is 2.26. The fourth-order valence-electron chi connectivity index (χ4n) is 3.00. The van der Waals surface area contributed by atoms with Crippen LogP contribution in [0.1, 0.15) is 27.6 Å². The second-order valence-electron chi connectivity index (χ2n) is 6.47. The molecule has 2 aromatic carbocycles. The van der Waals surface area contributed by atoms with Gasteiger partial charge in [0.25, 0.3) is 5.91 Å². The number of nitrogens with one attached hydrogen (secondary N) is 2. The molecule has 28 heavy (non-hydrogen) atoms. The summed E-state index contributed by atoms with van der Waals surface area (Å²) in [5, 5.41) is 9.62. The third kappa shape index (κ3) is 3.96. The fraction of sp³-hybridized carbons (Fsp3) is 0.0909. The highest BCUT2D eigenvalue weighted by Crippen LogP contribution is 2.24. The van der Waals surface area contributed by atoms with E-state index in [1.807, 2.05) is 60.7 Å². The van der Waals surface area contributed by atoms with E-state index in [-0.39, 0.29) is 5.82 Å². The number of aryl methyl sites for hydroxylation is 1. The predicted octanol–water partition coefficient (Wildman–Crippen LogP) is 4.02. The number of hydrogen-bond donors (Lipinski definition) is 2. The van der Waals surface area contributed by atoms with E-state index in [1.165, 1.54) is 0 Å². The number of anilines is 1. The van der Waals surface area contributed by atoms with Crippen LogP contribution in [0, 0.1) is 6.92 Å². The van der Waals surface area contributed by atoms with Crippen molar-refractivity contribution in [2.75, 3.05) is 5.32 Å². The fourth-order valence-corrected chi connectivity index (χ4v) is 3.00. The highest BCUT2D eigenvalue weighted by molar-refractivity contribution is 6.01. The Bertz CT molecular complexity index is 1100. The number of carbonyl (C=O) groups excluding carboxylic acids is 1. The highest BCUT2D eigenvalue weighted by atomic mass is 16.2. The molecule has 0 unspecified atom stereocenters. The Morgan fingerprint density at radius 3 is 2.64 bits per heavy atom. The number of nitrogens with zero attached hydrogens (tertiary/aromatic N) is 3. The lowest BCUT2D eigenvalue weighted by Crippen LogP contribution is -2.14. The molecule has 6 nitrogen and oxygen atoms in total. The molecule has 2 heterocycles. The lowest BCUT2D eigenvalue weighted by molar-refractivity contribution is 0.101. The van der Waals surface area contributed by atoms with Gasteiger partial charge < -0.3 is 5.32 Å². The Morgan fingerprint density at radius 1 is 1.04 bits per heavy atom. The van der Waals surface area contributed by atoms with E-state index in [2.05, 4.69) is 38.5 Å². The molecule has 0 aliphatic rings. The van der Waals surface area contributed by atoms with Crippen LogP contribution >= 0.6 is 0 Å². The zero-order valence-electron chi connectivity index (χ0n) is 15.4. The maximum atomic E-state index is 12.5. The first kappa shape index (κ1) is 17.6. The topological polar surface area (TPSA) is 83.6 Å². The minimum Gasteiger partial charge on any atom is -0.304 e. The first-order valence-corrected chi connectivity index (χ1v) is 8.97. The average Bonchev–Trinajstić information content (AvgIpc) is 3.18. The Labute approximate surface area is 162 Å². The third-order valence-corrected chi connectivity index (χ3v) is 4.41. The van der Waals surface area contributed by atoms with Crippen molar-refractivity contribution in [2.24, 2.45) is 0 Å². The van der Waals surface area contributed by atoms with Crippen molar-refractivity contribution in [1.29, 1.82) is 0 Å². The number of carbonyl (C=O) groups is 1. The number of benzene rings is 2. The van der Waals surface area contributed by atoms with Gasteiger partial charge in [-0.25, -0.2) is 9.97 Å². The van der Waals surface area contributed by atoms with Crippen LogP contribution in [-0.2, 0) is 6.42 Å². The average molecular weight is 369 g/mol. The first-order valence-electron chi connectivity index (χ1n) is 8.97. The van der Waals surface area contributed by atoms with Crippen LogP contribution in [0.2, 0.25) is 0 Å². The summed E-state index contributed by atoms with van der Waals surface area (Å²) in [5.41, 5.74) is 4.34. The number of amides is 1. The van der Waals surface area contributed by atoms with Crippen LogP contribution < -0.4 is 5.32 Å². The van der Waals surface area contributed by atoms with Crippen LogP contribution in [0.15, 0.2) is 72.9 Å². The van der Waals surface area contributed by atoms with Gasteiger partial charge in [0.1, 0.15) is 11.6 Å². The lowest BCUT2D eigenvalue weighted by atomic mass is 10.0. The lowest BCUT2D eigenvalue weighted by Gasteiger charge is -2.07. The zero-order chi connectivity index (χ0) is 19.3. The first-order chi connectivity index (χ1) is 13.7. The van der Waals surface area contributed by atoms with Gasteiger partial charge in [-0.3, -0.25) is 9.89 Å². The number of pyridine rings is 1. The van der Waals surface area contributed by atoms with Crippen LogP contribution in [0.4, 0.5) is 5.82 Å². The van der Waals surface area contributed by atoms with E-state index < -0.39 is 5.91 Å². The molecule has 0 aliphatic carbocycles. The van der Waals surface area contributed by atoms with Crippen molar-refractivity contribution in [3.8, 4) is 11.1 Å². The molecule has 0 spiro atoms. The number of aromatic amines is 1. The number of rotatable bonds is 5. The van der Waals surface area contributed by atoms with Gasteiger partial charge in [-0.2, -0.15) is 0 Å². The number of aromatic nitrogens is 4. The molecule has 0 saturated carbocycles. The number of H-pyrrole nitrogens is 1. The van der Waals surface area contributed by atoms with E-state index in [0.717, 1.165) is 22.3 Å². The smallest absolute Gasteiger partial charge is 0.296 e. The molecule has 0 bridgehead atoms. The standard InChI is InChI=1S/C22H19N5O/c1-15-7-5-6-10-18(15)17-11-12-23-19(14-17)25-22(28)21-24-20(26-27-21)13-16-8-3-2-4-9-16/h2-12,14H,13H2,1H3,(H,23,25,28)(H,24,26,27). The van der Waals surface area contributed by atoms with E-state index in [0.29, 0.717) is 18.1 Å². The monoisotopic (exact) mass is 369 g/mol. The van der Waals surface area contributed by atoms with Gasteiger partial charge in [0.05, 0.1) is 0 Å². The molecule has 138 valence electrons. The Morgan fingerprint density at radius 2 is 1.82 bits per heavy atom. The van der Waals surface area contributed by atoms with E-state index in [4.69, 9.17) is 0 Å². The Balaban J connectivity index is 1.49. The van der Waals surface area contributed by atoms with E-state index >= 15 is 0 Å². The molecule has 0 aliphatic heterocycles. The maximum Gasteiger partial charge on any atom is 0.296 e. The summed E-state index contributed by atoms with van der Waals surface area (Å²) in [6.45, 7) is 2.05. The molecule has 6 heteroatoms. The van der Waals surface area contributed by atoms with Crippen molar-refractivity contribution in [2.45, 2.75) is 13.3 Å². The molecule has 0 saturated heterocycles. The molecular weight excluding hydrogens is 350 g/mol. The van der Waals surface area contributed by atoms with E-state index in [1.54, 1.807) is 6.20 Å². The Kier molecular flexibility index (Phi) is 4.93. The molecular formula is C22H19N5O. The predicted molar refractivity (Wildman–Crippen MR) is 108 cm³/mol. The van der Waals surface area contributed by atoms with Gasteiger partial charge in [-0.15, -0.1) is 5.10 Å². The SMILES string of the molecule is Cc1ccccc1-c1ccnc(NC(=O)c2n[nH]c(Cc3ccccc3)n2)c1. The maximum absolute atomic E-state index is 12.5. The van der Waals surface area contributed by atoms with Gasteiger partial charge in [-0.1, -0.05) is 54.6 Å². The summed E-state index contributed by atoms with van der Waals surface area (Å²) in [5.74, 6) is 0.789. The quantitative estimate of drug-likeness (QED) is 0.557. The van der Waals surface area contributed by atoms with Crippen molar-refractivity contribution < 1.29 is 4.79 Å². The molecule has 0 atom stereocenters. The molecule has 2 N–H and O–H groups in total. The molecule has 4 rings (SSSR count). The van der Waals surface area contributed by atoms with Crippen LogP contribution in [0.25, 0.3) is 11.1 Å². The molecule has 2 aromatic heterocycles. The minimum absolute atomic E-state index is 0.0917. The second-order valence-corrected chi connectivity index (χ2v) is 6.47. The zero-order valence-corrected chi connectivity index (χ0v) is 15.4. The Hall–Kier alpha value is -3.80. The molecule has 1 amide bonds. The van der Waals surface area contributed by atoms with Crippen LogP contribution in [-0.4, -0.2) is 26.1 Å². The van der Waals surface area contributed by atoms with Gasteiger partial charge in [-0.05, 0) is 41.3 Å². The normalized spacial score (nSPS) is 10.6. The highest BCUT2D eigenvalue weighted by Gasteiger charge is 2.14. The second kappa shape index (κ2) is 7.84. The van der Waals surface area contributed by atoms with Gasteiger partial charge >= 0.3 is 0 Å². The summed E-state index contributed by atoms with van der Waals surface area (Å²) < 4.78 is 0. The van der Waals surface area contributed by atoms with Crippen molar-refractivity contribution in [3.63, 3.8) is 0 Å². The summed E-state index contributed by atoms with van der Waals surface area (Å²) in [4.78, 5) is 21.0. The molecule has 4 aromatic rings. The van der Waals surface area contributed by atoms with Crippen LogP contribution in [0.5, 0.6) is 0 Å². The van der Waals surface area contributed by atoms with Crippen molar-refractivity contribution in [1.82, 2.24) is 20.2 Å². The summed E-state index contributed by atoms with van der Waals surface area (Å²) >= 11 is 0. The van der Waals surface area contributed by atoms with Gasteiger partial charge in [0, 0.05) is 12.6 Å². The molecule has 0 fully saturated rings. The van der Waals surface area contributed by atoms with Gasteiger partial charge in [0.15, 0.2) is 0 Å². The number of hydrogen-bond acceptors (Lipinski definition) is 4. The van der Waals surface area contributed by atoms with Gasteiger partial charge in [0.2, 0.25) is 5.82 Å².